The molecule has 0 bridgehead atoms. The Balaban J connectivity index is 1.57. The summed E-state index contributed by atoms with van der Waals surface area (Å²) in [7, 11) is -4.22. The summed E-state index contributed by atoms with van der Waals surface area (Å²) in [5.74, 6) is -4.19. The number of benzene rings is 1. The fourth-order valence-electron chi connectivity index (χ4n) is 3.62. The molecule has 0 saturated heterocycles. The number of fused-ring (bicyclic) bond motifs is 2. The van der Waals surface area contributed by atoms with Gasteiger partial charge in [-0.15, -0.1) is 23.1 Å². The maximum absolute atomic E-state index is 13.2. The molecule has 0 atom stereocenters. The van der Waals surface area contributed by atoms with Crippen LogP contribution in [0.15, 0.2) is 32.1 Å². The lowest BCUT2D eigenvalue weighted by molar-refractivity contribution is -0.284. The molecule has 0 unspecified atom stereocenters. The fraction of sp³-hybridized carbons (Fsp3) is 0.455. The molecule has 3 aliphatic rings. The average Bonchev–Trinajstić information content (AvgIpc) is 3.16. The van der Waals surface area contributed by atoms with Gasteiger partial charge in [-0.3, -0.25) is 9.29 Å². The first-order chi connectivity index (χ1) is 17.7. The second-order valence-electron chi connectivity index (χ2n) is 8.38. The van der Waals surface area contributed by atoms with E-state index >= 15 is 0 Å². The SMILES string of the molecule is Cc1sc(SCCCCC(F)(F)C(F)(F)F)c2c(NS(=O)(=O)c3ccc4c(c3)OCCO4)nc(=O)n-2c1C. The zero-order chi connectivity index (χ0) is 27.9. The van der Waals surface area contributed by atoms with Crippen LogP contribution in [0.1, 0.15) is 29.8 Å². The van der Waals surface area contributed by atoms with E-state index in [0.717, 1.165) is 16.6 Å². The van der Waals surface area contributed by atoms with Crippen LogP contribution in [0.2, 0.25) is 0 Å². The van der Waals surface area contributed by atoms with E-state index in [-0.39, 0.29) is 47.4 Å². The van der Waals surface area contributed by atoms with Gasteiger partial charge in [-0.1, -0.05) is 0 Å². The van der Waals surface area contributed by atoms with E-state index in [1.54, 1.807) is 13.8 Å². The molecule has 3 heterocycles. The first-order valence-corrected chi connectivity index (χ1v) is 14.5. The lowest BCUT2D eigenvalue weighted by atomic mass is 10.1. The number of anilines is 1. The van der Waals surface area contributed by atoms with Crippen LogP contribution in [0.25, 0.3) is 5.69 Å². The summed E-state index contributed by atoms with van der Waals surface area (Å²) in [6.07, 6.45) is -7.27. The van der Waals surface area contributed by atoms with E-state index in [4.69, 9.17) is 9.47 Å². The van der Waals surface area contributed by atoms with Gasteiger partial charge in [0.1, 0.15) is 18.9 Å². The number of nitrogens with one attached hydrogen (secondary N) is 1. The molecule has 0 saturated carbocycles. The van der Waals surface area contributed by atoms with Gasteiger partial charge in [-0.05, 0) is 44.6 Å². The topological polar surface area (TPSA) is 99.5 Å². The molecule has 8 nitrogen and oxygen atoms in total. The highest BCUT2D eigenvalue weighted by Gasteiger charge is 2.56. The van der Waals surface area contributed by atoms with E-state index in [0.29, 0.717) is 22.3 Å². The molecule has 3 aliphatic heterocycles. The number of aromatic nitrogens is 2. The number of thioether (sulfide) groups is 1. The lowest BCUT2D eigenvalue weighted by Crippen LogP contribution is -2.36. The van der Waals surface area contributed by atoms with Crippen molar-refractivity contribution in [1.29, 1.82) is 0 Å². The van der Waals surface area contributed by atoms with Gasteiger partial charge < -0.3 is 9.47 Å². The minimum Gasteiger partial charge on any atom is -0.486 e. The Labute approximate surface area is 222 Å². The zero-order valence-electron chi connectivity index (χ0n) is 20.0. The maximum atomic E-state index is 13.2. The molecule has 4 rings (SSSR count). The van der Waals surface area contributed by atoms with E-state index in [1.165, 1.54) is 34.1 Å². The summed E-state index contributed by atoms with van der Waals surface area (Å²) in [5, 5.41) is 0. The van der Waals surface area contributed by atoms with Gasteiger partial charge in [-0.2, -0.15) is 26.9 Å². The van der Waals surface area contributed by atoms with Crippen molar-refractivity contribution in [3.63, 3.8) is 0 Å². The van der Waals surface area contributed by atoms with Crippen molar-refractivity contribution >= 4 is 38.9 Å². The second-order valence-corrected chi connectivity index (χ2v) is 12.6. The van der Waals surface area contributed by atoms with Crippen molar-refractivity contribution < 1.29 is 39.8 Å². The number of aryl methyl sites for hydroxylation is 1. The summed E-state index contributed by atoms with van der Waals surface area (Å²) < 4.78 is 105. The van der Waals surface area contributed by atoms with Crippen molar-refractivity contribution in [2.45, 2.75) is 54.3 Å². The van der Waals surface area contributed by atoms with Gasteiger partial charge >= 0.3 is 17.8 Å². The van der Waals surface area contributed by atoms with Crippen LogP contribution in [-0.2, 0) is 10.0 Å². The van der Waals surface area contributed by atoms with Crippen LogP contribution in [0, 0.1) is 13.8 Å². The highest BCUT2D eigenvalue weighted by Crippen LogP contribution is 2.41. The van der Waals surface area contributed by atoms with E-state index in [9.17, 15) is 35.2 Å². The Morgan fingerprint density at radius 2 is 1.79 bits per heavy atom. The highest BCUT2D eigenvalue weighted by molar-refractivity contribution is 8.01. The molecular formula is C22H22F5N3O5S3. The van der Waals surface area contributed by atoms with Gasteiger partial charge in [-0.25, -0.2) is 13.2 Å². The zero-order valence-corrected chi connectivity index (χ0v) is 22.5. The van der Waals surface area contributed by atoms with Gasteiger partial charge in [0, 0.05) is 23.1 Å². The number of imidazole rings is 1. The normalized spacial score (nSPS) is 14.2. The maximum Gasteiger partial charge on any atom is 0.453 e. The Bertz CT molecular complexity index is 1470. The summed E-state index contributed by atoms with van der Waals surface area (Å²) in [6.45, 7) is 3.99. The molecule has 1 aromatic rings. The molecule has 0 spiro atoms. The third-order valence-electron chi connectivity index (χ3n) is 5.72. The number of ether oxygens (including phenoxy) is 2. The average molecular weight is 600 g/mol. The van der Waals surface area contributed by atoms with Crippen LogP contribution < -0.4 is 19.9 Å². The first kappa shape index (κ1) is 28.4. The molecule has 38 heavy (non-hydrogen) atoms. The van der Waals surface area contributed by atoms with Crippen molar-refractivity contribution in [1.82, 2.24) is 9.55 Å². The van der Waals surface area contributed by atoms with Crippen LogP contribution in [0.5, 0.6) is 11.5 Å². The van der Waals surface area contributed by atoms with Crippen molar-refractivity contribution in [2.75, 3.05) is 23.7 Å². The number of rotatable bonds is 9. The number of alkyl halides is 5. The van der Waals surface area contributed by atoms with E-state index in [2.05, 4.69) is 9.71 Å². The molecule has 0 fully saturated rings. The van der Waals surface area contributed by atoms with E-state index in [1.807, 2.05) is 0 Å². The third-order valence-corrected chi connectivity index (χ3v) is 9.59. The van der Waals surface area contributed by atoms with Crippen LogP contribution in [-0.4, -0.2) is 49.0 Å². The molecule has 1 aromatic carbocycles. The summed E-state index contributed by atoms with van der Waals surface area (Å²) in [6, 6.07) is 4.06. The summed E-state index contributed by atoms with van der Waals surface area (Å²) in [5.41, 5.74) is -0.0174. The smallest absolute Gasteiger partial charge is 0.453 e. The molecule has 0 aromatic heterocycles. The van der Waals surface area contributed by atoms with Crippen molar-refractivity contribution in [3.8, 4) is 17.2 Å². The van der Waals surface area contributed by atoms with Gasteiger partial charge in [0.25, 0.3) is 10.0 Å². The number of halogens is 5. The van der Waals surface area contributed by atoms with Crippen molar-refractivity contribution in [2.24, 2.45) is 0 Å². The van der Waals surface area contributed by atoms with Gasteiger partial charge in [0.05, 0.1) is 9.10 Å². The Morgan fingerprint density at radius 3 is 2.47 bits per heavy atom. The fourth-order valence-corrected chi connectivity index (χ4v) is 7.16. The minimum absolute atomic E-state index is 0.0404. The minimum atomic E-state index is -5.60. The standard InChI is InChI=1S/C22H22F5N3O5S3/c1-12-13(2)37-19(36-10-4-3-7-21(23,24)22(25,26)27)17-18(28-20(31)30(12)17)29-38(32,33)14-5-6-15-16(11-14)35-9-8-34-15/h5-6,11H,3-4,7-10H2,1-2H3,(H,28,29,31). The number of nitrogens with zero attached hydrogens (tertiary/aromatic N) is 2. The quantitative estimate of drug-likeness (QED) is 0.200. The predicted octanol–water partition coefficient (Wildman–Crippen LogP) is 5.38. The van der Waals surface area contributed by atoms with Gasteiger partial charge in [0.15, 0.2) is 17.3 Å². The first-order valence-electron chi connectivity index (χ1n) is 11.2. The Hall–Kier alpha value is -2.59. The predicted molar refractivity (Wildman–Crippen MR) is 132 cm³/mol. The molecule has 208 valence electrons. The lowest BCUT2D eigenvalue weighted by Gasteiger charge is -2.19. The van der Waals surface area contributed by atoms with E-state index < -0.39 is 34.2 Å². The van der Waals surface area contributed by atoms with Crippen LogP contribution >= 0.6 is 23.1 Å². The monoisotopic (exact) mass is 599 g/mol. The van der Waals surface area contributed by atoms with Crippen LogP contribution in [0.4, 0.5) is 27.8 Å². The van der Waals surface area contributed by atoms with Crippen LogP contribution in [0.3, 0.4) is 0 Å². The number of hydrogen-bond acceptors (Lipinski definition) is 8. The summed E-state index contributed by atoms with van der Waals surface area (Å²) in [4.78, 5) is 17.2. The molecule has 0 amide bonds. The Morgan fingerprint density at radius 1 is 1.11 bits per heavy atom. The molecule has 0 radical (unpaired) electrons. The summed E-state index contributed by atoms with van der Waals surface area (Å²) >= 11 is 2.35. The number of sulfonamides is 1. The molecule has 0 aliphatic carbocycles. The Kier molecular flexibility index (Phi) is 7.87. The molecular weight excluding hydrogens is 577 g/mol. The second kappa shape index (κ2) is 10.5. The number of hydrogen-bond donors (Lipinski definition) is 1. The third kappa shape index (κ3) is 5.71. The van der Waals surface area contributed by atoms with Gasteiger partial charge in [0.2, 0.25) is 0 Å². The number of unbranched alkanes of at least 4 members (excludes halogenated alkanes) is 1. The molecule has 1 N–H and O–H groups in total. The largest absolute Gasteiger partial charge is 0.486 e. The highest BCUT2D eigenvalue weighted by atomic mass is 32.2. The molecule has 16 heteroatoms. The van der Waals surface area contributed by atoms with Crippen molar-refractivity contribution in [3.05, 3.63) is 39.3 Å².